The molecule has 4 heterocycles. The molecule has 0 bridgehead atoms. The van der Waals surface area contributed by atoms with Crippen LogP contribution in [0.15, 0.2) is 71.2 Å². The van der Waals surface area contributed by atoms with Gasteiger partial charge in [-0.3, -0.25) is 14.6 Å². The molecule has 7 nitrogen and oxygen atoms in total. The molecule has 0 aliphatic carbocycles. The lowest BCUT2D eigenvalue weighted by molar-refractivity contribution is -0.120. The van der Waals surface area contributed by atoms with Gasteiger partial charge in [0.25, 0.3) is 5.91 Å². The topological polar surface area (TPSA) is 61.0 Å². The first-order valence-electron chi connectivity index (χ1n) is 14.2. The number of benzene rings is 3. The van der Waals surface area contributed by atoms with Gasteiger partial charge in [0.15, 0.2) is 5.11 Å². The Morgan fingerprint density at radius 3 is 2.57 bits per heavy atom. The van der Waals surface area contributed by atoms with Crippen LogP contribution in [0, 0.1) is 0 Å². The van der Waals surface area contributed by atoms with Gasteiger partial charge in [-0.1, -0.05) is 39.7 Å². The predicted molar refractivity (Wildman–Crippen MR) is 173 cm³/mol. The first-order valence-corrected chi connectivity index (χ1v) is 15.8. The molecular formula is C32H30BrClN4O3S. The van der Waals surface area contributed by atoms with Crippen molar-refractivity contribution < 1.29 is 14.3 Å². The Labute approximate surface area is 263 Å². The number of rotatable bonds is 7. The number of ether oxygens (including phenoxy) is 2. The van der Waals surface area contributed by atoms with Gasteiger partial charge in [-0.25, -0.2) is 0 Å². The SMILES string of the molecule is O=C1C2Cc3c([nH]c4ccc(Br)cc34)C(c3ccc(OCCCN4CCOCC4)cc3)N2C(=S)N1c1ccc(Cl)cc1. The third kappa shape index (κ3) is 5.11. The molecule has 2 unspecified atom stereocenters. The van der Waals surface area contributed by atoms with Gasteiger partial charge in [0.1, 0.15) is 11.8 Å². The fourth-order valence-electron chi connectivity index (χ4n) is 6.32. The van der Waals surface area contributed by atoms with Crippen molar-refractivity contribution in [2.75, 3.05) is 44.4 Å². The third-order valence-electron chi connectivity index (χ3n) is 8.38. The van der Waals surface area contributed by atoms with E-state index < -0.39 is 6.04 Å². The summed E-state index contributed by atoms with van der Waals surface area (Å²) in [6, 6.07) is 21.0. The number of morpholine rings is 1. The van der Waals surface area contributed by atoms with Crippen molar-refractivity contribution in [1.29, 1.82) is 0 Å². The molecule has 1 aromatic heterocycles. The van der Waals surface area contributed by atoms with Crippen molar-refractivity contribution in [3.05, 3.63) is 93.0 Å². The number of nitrogens with one attached hydrogen (secondary N) is 1. The quantitative estimate of drug-likeness (QED) is 0.184. The highest BCUT2D eigenvalue weighted by Gasteiger charge is 2.51. The molecule has 7 rings (SSSR count). The fourth-order valence-corrected chi connectivity index (χ4v) is 7.23. The van der Waals surface area contributed by atoms with E-state index in [0.29, 0.717) is 23.2 Å². The van der Waals surface area contributed by atoms with Gasteiger partial charge in [-0.2, -0.15) is 0 Å². The summed E-state index contributed by atoms with van der Waals surface area (Å²) in [7, 11) is 0. The fraction of sp³-hybridized carbons (Fsp3) is 0.312. The van der Waals surface area contributed by atoms with Crippen LogP contribution in [0.25, 0.3) is 10.9 Å². The number of nitrogens with zero attached hydrogens (tertiary/aromatic N) is 3. The molecule has 2 saturated heterocycles. The summed E-state index contributed by atoms with van der Waals surface area (Å²) in [6.45, 7) is 5.26. The van der Waals surface area contributed by atoms with E-state index in [1.165, 1.54) is 0 Å². The molecular weight excluding hydrogens is 636 g/mol. The minimum Gasteiger partial charge on any atom is -0.494 e. The summed E-state index contributed by atoms with van der Waals surface area (Å²) < 4.78 is 12.5. The zero-order valence-corrected chi connectivity index (χ0v) is 26.1. The minimum atomic E-state index is -0.417. The average molecular weight is 666 g/mol. The highest BCUT2D eigenvalue weighted by Crippen LogP contribution is 2.45. The summed E-state index contributed by atoms with van der Waals surface area (Å²) >= 11 is 15.8. The van der Waals surface area contributed by atoms with Gasteiger partial charge < -0.3 is 19.4 Å². The summed E-state index contributed by atoms with van der Waals surface area (Å²) in [5.41, 5.74) is 5.02. The number of fused-ring (bicyclic) bond motifs is 4. The number of thiocarbonyl (C=S) groups is 1. The van der Waals surface area contributed by atoms with Crippen LogP contribution < -0.4 is 9.64 Å². The van der Waals surface area contributed by atoms with E-state index >= 15 is 0 Å². The van der Waals surface area contributed by atoms with Crippen LogP contribution in [0.3, 0.4) is 0 Å². The lowest BCUT2D eigenvalue weighted by Gasteiger charge is -2.37. The Balaban J connectivity index is 1.19. The standard InChI is InChI=1S/C32H30BrClN4O3S/c33-21-4-11-27-25(18-21)26-19-28-31(39)37(23-7-5-22(34)6-8-23)32(42)38(28)30(29(26)35-27)20-2-9-24(10-3-20)41-15-1-12-36-13-16-40-17-14-36/h2-11,18,28,30,35H,1,12-17,19H2. The number of anilines is 1. The van der Waals surface area contributed by atoms with Gasteiger partial charge in [-0.15, -0.1) is 0 Å². The van der Waals surface area contributed by atoms with Crippen LogP contribution in [-0.4, -0.2) is 71.3 Å². The van der Waals surface area contributed by atoms with Crippen molar-refractivity contribution >= 4 is 67.4 Å². The van der Waals surface area contributed by atoms with Gasteiger partial charge in [0, 0.05) is 52.1 Å². The number of carbonyl (C=O) groups excluding carboxylic acids is 1. The summed E-state index contributed by atoms with van der Waals surface area (Å²) in [4.78, 5) is 23.8. The zero-order valence-electron chi connectivity index (χ0n) is 22.9. The number of hydrogen-bond donors (Lipinski definition) is 1. The van der Waals surface area contributed by atoms with Crippen LogP contribution in [0.1, 0.15) is 29.3 Å². The number of aromatic amines is 1. The maximum absolute atomic E-state index is 14.0. The molecule has 0 spiro atoms. The number of halogens is 2. The van der Waals surface area contributed by atoms with Crippen molar-refractivity contribution in [2.45, 2.75) is 24.9 Å². The van der Waals surface area contributed by atoms with E-state index in [9.17, 15) is 4.79 Å². The summed E-state index contributed by atoms with van der Waals surface area (Å²) in [5, 5.41) is 2.22. The monoisotopic (exact) mass is 664 g/mol. The molecule has 3 aliphatic heterocycles. The first-order chi connectivity index (χ1) is 20.5. The minimum absolute atomic E-state index is 0.0254. The van der Waals surface area contributed by atoms with Gasteiger partial charge >= 0.3 is 0 Å². The predicted octanol–water partition coefficient (Wildman–Crippen LogP) is 6.33. The second-order valence-electron chi connectivity index (χ2n) is 10.9. The number of amides is 1. The van der Waals surface area contributed by atoms with E-state index in [1.54, 1.807) is 17.0 Å². The third-order valence-corrected chi connectivity index (χ3v) is 9.51. The van der Waals surface area contributed by atoms with Crippen LogP contribution >= 0.6 is 39.7 Å². The lowest BCUT2D eigenvalue weighted by atomic mass is 9.89. The number of aromatic nitrogens is 1. The first kappa shape index (κ1) is 27.9. The van der Waals surface area contributed by atoms with Crippen LogP contribution in [0.4, 0.5) is 5.69 Å². The Kier molecular flexibility index (Phi) is 7.71. The molecule has 1 amide bonds. The molecule has 2 atom stereocenters. The maximum Gasteiger partial charge on any atom is 0.256 e. The van der Waals surface area contributed by atoms with Crippen molar-refractivity contribution in [1.82, 2.24) is 14.8 Å². The maximum atomic E-state index is 14.0. The highest BCUT2D eigenvalue weighted by atomic mass is 79.9. The van der Waals surface area contributed by atoms with Crippen molar-refractivity contribution in [2.24, 2.45) is 0 Å². The van der Waals surface area contributed by atoms with Crippen LogP contribution in [0.5, 0.6) is 5.75 Å². The smallest absolute Gasteiger partial charge is 0.256 e. The molecule has 10 heteroatoms. The van der Waals surface area contributed by atoms with Gasteiger partial charge in [0.05, 0.1) is 31.5 Å². The Morgan fingerprint density at radius 1 is 1.05 bits per heavy atom. The van der Waals surface area contributed by atoms with E-state index in [-0.39, 0.29) is 11.9 Å². The van der Waals surface area contributed by atoms with E-state index in [4.69, 9.17) is 33.3 Å². The average Bonchev–Trinajstić information content (AvgIpc) is 3.49. The molecule has 4 aromatic rings. The number of carbonyl (C=O) groups is 1. The molecule has 1 N–H and O–H groups in total. The zero-order chi connectivity index (χ0) is 28.8. The Bertz CT molecular complexity index is 1640. The number of hydrogen-bond acceptors (Lipinski definition) is 5. The molecule has 3 aliphatic rings. The summed E-state index contributed by atoms with van der Waals surface area (Å²) in [5.74, 6) is 0.805. The lowest BCUT2D eigenvalue weighted by Crippen LogP contribution is -2.44. The van der Waals surface area contributed by atoms with E-state index in [2.05, 4.69) is 55.0 Å². The molecule has 42 heavy (non-hydrogen) atoms. The van der Waals surface area contributed by atoms with E-state index in [0.717, 1.165) is 82.9 Å². The highest BCUT2D eigenvalue weighted by molar-refractivity contribution is 9.10. The Morgan fingerprint density at radius 2 is 1.81 bits per heavy atom. The van der Waals surface area contributed by atoms with Gasteiger partial charge in [0.2, 0.25) is 0 Å². The van der Waals surface area contributed by atoms with Crippen molar-refractivity contribution in [3.8, 4) is 5.75 Å². The molecule has 0 radical (unpaired) electrons. The molecule has 3 aromatic carbocycles. The van der Waals surface area contributed by atoms with Crippen LogP contribution in [-0.2, 0) is 16.0 Å². The summed E-state index contributed by atoms with van der Waals surface area (Å²) in [6.07, 6.45) is 1.53. The largest absolute Gasteiger partial charge is 0.494 e. The Hall–Kier alpha value is -2.95. The van der Waals surface area contributed by atoms with Gasteiger partial charge in [-0.05, 0) is 84.4 Å². The molecule has 216 valence electrons. The molecule has 2 fully saturated rings. The second kappa shape index (κ2) is 11.6. The van der Waals surface area contributed by atoms with Crippen LogP contribution in [0.2, 0.25) is 5.02 Å². The van der Waals surface area contributed by atoms with E-state index in [1.807, 2.05) is 30.3 Å². The molecule has 0 saturated carbocycles. The normalized spacial score (nSPS) is 20.7. The second-order valence-corrected chi connectivity index (χ2v) is 12.6. The number of H-pyrrole nitrogens is 1. The van der Waals surface area contributed by atoms with Crippen molar-refractivity contribution in [3.63, 3.8) is 0 Å².